The molecule has 0 bridgehead atoms. The average Bonchev–Trinajstić information content (AvgIpc) is 2.82. The number of aliphatic hydroxyl groups excluding tert-OH is 1. The van der Waals surface area contributed by atoms with E-state index in [1.807, 2.05) is 7.05 Å². The van der Waals surface area contributed by atoms with Crippen LogP contribution in [0.15, 0.2) is 18.2 Å². The molecule has 0 radical (unpaired) electrons. The molecule has 20 heavy (non-hydrogen) atoms. The van der Waals surface area contributed by atoms with Gasteiger partial charge in [0.1, 0.15) is 11.9 Å². The van der Waals surface area contributed by atoms with E-state index in [9.17, 15) is 5.11 Å². The molecular weight excluding hydrogens is 250 g/mol. The van der Waals surface area contributed by atoms with Crippen molar-refractivity contribution >= 4 is 0 Å². The first-order chi connectivity index (χ1) is 9.49. The normalized spacial score (nSPS) is 26.2. The molecule has 3 nitrogen and oxygen atoms in total. The Morgan fingerprint density at radius 3 is 2.70 bits per heavy atom. The van der Waals surface area contributed by atoms with Crippen molar-refractivity contribution < 1.29 is 9.84 Å². The van der Waals surface area contributed by atoms with Crippen LogP contribution in [0.25, 0.3) is 0 Å². The second-order valence-corrected chi connectivity index (χ2v) is 6.34. The maximum atomic E-state index is 9.52. The van der Waals surface area contributed by atoms with Crippen molar-refractivity contribution in [2.45, 2.75) is 57.6 Å². The topological polar surface area (TPSA) is 41.5 Å². The lowest BCUT2D eigenvalue weighted by Gasteiger charge is -2.26. The lowest BCUT2D eigenvalue weighted by molar-refractivity contribution is 0.146. The summed E-state index contributed by atoms with van der Waals surface area (Å²) in [7, 11) is 1.92. The van der Waals surface area contributed by atoms with Crippen molar-refractivity contribution in [2.24, 2.45) is 0 Å². The summed E-state index contributed by atoms with van der Waals surface area (Å²) in [6.07, 6.45) is 3.02. The van der Waals surface area contributed by atoms with Crippen LogP contribution in [0.1, 0.15) is 50.2 Å². The largest absolute Gasteiger partial charge is 0.490 e. The Morgan fingerprint density at radius 2 is 2.20 bits per heavy atom. The van der Waals surface area contributed by atoms with Crippen molar-refractivity contribution in [3.8, 4) is 5.75 Å². The smallest absolute Gasteiger partial charge is 0.120 e. The highest BCUT2D eigenvalue weighted by atomic mass is 16.5. The number of likely N-dealkylation sites (N-methyl/N-ethyl adjacent to an activating group) is 1. The van der Waals surface area contributed by atoms with Gasteiger partial charge in [-0.25, -0.2) is 0 Å². The third-order valence-electron chi connectivity index (χ3n) is 4.56. The predicted octanol–water partition coefficient (Wildman–Crippen LogP) is 3.00. The number of ether oxygens (including phenoxy) is 1. The minimum atomic E-state index is -0.155. The van der Waals surface area contributed by atoms with Gasteiger partial charge in [-0.1, -0.05) is 19.9 Å². The highest BCUT2D eigenvalue weighted by molar-refractivity contribution is 5.36. The maximum absolute atomic E-state index is 9.52. The molecule has 2 unspecified atom stereocenters. The molecule has 112 valence electrons. The SMILES string of the molecule is CNC1(CO)CCC(Oc2ccc(C(C)C)c(C)c2)C1. The van der Waals surface area contributed by atoms with Crippen LogP contribution in [0, 0.1) is 6.92 Å². The first-order valence-electron chi connectivity index (χ1n) is 7.56. The minimum absolute atomic E-state index is 0.155. The van der Waals surface area contributed by atoms with Gasteiger partial charge in [-0.3, -0.25) is 0 Å². The van der Waals surface area contributed by atoms with Gasteiger partial charge in [-0.05, 0) is 56.0 Å². The van der Waals surface area contributed by atoms with Gasteiger partial charge >= 0.3 is 0 Å². The van der Waals surface area contributed by atoms with Crippen molar-refractivity contribution in [3.05, 3.63) is 29.3 Å². The predicted molar refractivity (Wildman–Crippen MR) is 82.4 cm³/mol. The van der Waals surface area contributed by atoms with Gasteiger partial charge in [0.05, 0.1) is 6.61 Å². The number of aliphatic hydroxyl groups is 1. The van der Waals surface area contributed by atoms with E-state index in [0.29, 0.717) is 5.92 Å². The molecule has 1 fully saturated rings. The van der Waals surface area contributed by atoms with Gasteiger partial charge in [0.15, 0.2) is 0 Å². The van der Waals surface area contributed by atoms with Crippen LogP contribution >= 0.6 is 0 Å². The molecule has 0 amide bonds. The lowest BCUT2D eigenvalue weighted by atomic mass is 9.98. The van der Waals surface area contributed by atoms with Crippen LogP contribution in [-0.2, 0) is 0 Å². The Hall–Kier alpha value is -1.06. The zero-order chi connectivity index (χ0) is 14.8. The molecule has 0 spiro atoms. The molecule has 2 N–H and O–H groups in total. The molecule has 0 aromatic heterocycles. The first kappa shape index (κ1) is 15.3. The standard InChI is InChI=1S/C17H27NO2/c1-12(2)16-6-5-14(9-13(16)3)20-15-7-8-17(10-15,11-19)18-4/h5-6,9,12,15,18-19H,7-8,10-11H2,1-4H3. The second kappa shape index (κ2) is 6.15. The fourth-order valence-electron chi connectivity index (χ4n) is 3.19. The van der Waals surface area contributed by atoms with Gasteiger partial charge in [-0.2, -0.15) is 0 Å². The van der Waals surface area contributed by atoms with Crippen molar-refractivity contribution in [1.29, 1.82) is 0 Å². The van der Waals surface area contributed by atoms with Gasteiger partial charge in [0, 0.05) is 12.0 Å². The van der Waals surface area contributed by atoms with Gasteiger partial charge in [0.2, 0.25) is 0 Å². The van der Waals surface area contributed by atoms with Gasteiger partial charge in [0.25, 0.3) is 0 Å². The third-order valence-corrected chi connectivity index (χ3v) is 4.56. The summed E-state index contributed by atoms with van der Waals surface area (Å²) < 4.78 is 6.10. The Kier molecular flexibility index (Phi) is 4.71. The number of hydrogen-bond acceptors (Lipinski definition) is 3. The number of nitrogens with one attached hydrogen (secondary N) is 1. The zero-order valence-electron chi connectivity index (χ0n) is 13.1. The molecule has 1 aromatic carbocycles. The molecule has 1 aliphatic carbocycles. The number of aryl methyl sites for hydroxylation is 1. The van der Waals surface area contributed by atoms with Crippen LogP contribution < -0.4 is 10.1 Å². The molecular formula is C17H27NO2. The van der Waals surface area contributed by atoms with E-state index in [1.54, 1.807) is 0 Å². The minimum Gasteiger partial charge on any atom is -0.490 e. The fourth-order valence-corrected chi connectivity index (χ4v) is 3.19. The Bertz CT molecular complexity index is 452. The van der Waals surface area contributed by atoms with E-state index < -0.39 is 0 Å². The highest BCUT2D eigenvalue weighted by Gasteiger charge is 2.38. The molecule has 1 aliphatic rings. The van der Waals surface area contributed by atoms with E-state index in [2.05, 4.69) is 44.3 Å². The summed E-state index contributed by atoms with van der Waals surface area (Å²) >= 11 is 0. The molecule has 1 aromatic rings. The van der Waals surface area contributed by atoms with Crippen LogP contribution in [0.2, 0.25) is 0 Å². The zero-order valence-corrected chi connectivity index (χ0v) is 13.1. The summed E-state index contributed by atoms with van der Waals surface area (Å²) in [5.74, 6) is 1.49. The average molecular weight is 277 g/mol. The Morgan fingerprint density at radius 1 is 1.45 bits per heavy atom. The van der Waals surface area contributed by atoms with E-state index in [4.69, 9.17) is 4.74 Å². The molecule has 2 rings (SSSR count). The lowest BCUT2D eigenvalue weighted by Crippen LogP contribution is -2.44. The molecule has 0 heterocycles. The van der Waals surface area contributed by atoms with Crippen LogP contribution in [-0.4, -0.2) is 30.4 Å². The molecule has 1 saturated carbocycles. The molecule has 3 heteroatoms. The number of rotatable bonds is 5. The Labute approximate surface area is 122 Å². The summed E-state index contributed by atoms with van der Waals surface area (Å²) in [4.78, 5) is 0. The Balaban J connectivity index is 2.03. The van der Waals surface area contributed by atoms with Crippen LogP contribution in [0.4, 0.5) is 0 Å². The van der Waals surface area contributed by atoms with Crippen LogP contribution in [0.3, 0.4) is 0 Å². The summed E-state index contributed by atoms with van der Waals surface area (Å²) in [6, 6.07) is 6.37. The van der Waals surface area contributed by atoms with Gasteiger partial charge in [-0.15, -0.1) is 0 Å². The maximum Gasteiger partial charge on any atom is 0.120 e. The van der Waals surface area contributed by atoms with E-state index in [1.165, 1.54) is 11.1 Å². The molecule has 0 aliphatic heterocycles. The first-order valence-corrected chi connectivity index (χ1v) is 7.56. The van der Waals surface area contributed by atoms with Crippen LogP contribution in [0.5, 0.6) is 5.75 Å². The third kappa shape index (κ3) is 3.15. The number of benzene rings is 1. The number of hydrogen-bond donors (Lipinski definition) is 2. The molecule has 0 saturated heterocycles. The van der Waals surface area contributed by atoms with Crippen molar-refractivity contribution in [1.82, 2.24) is 5.32 Å². The van der Waals surface area contributed by atoms with E-state index >= 15 is 0 Å². The van der Waals surface area contributed by atoms with Gasteiger partial charge < -0.3 is 15.2 Å². The summed E-state index contributed by atoms with van der Waals surface area (Å²) in [5.41, 5.74) is 2.51. The quantitative estimate of drug-likeness (QED) is 0.869. The fraction of sp³-hybridized carbons (Fsp3) is 0.647. The van der Waals surface area contributed by atoms with Crippen molar-refractivity contribution in [2.75, 3.05) is 13.7 Å². The van der Waals surface area contributed by atoms with E-state index in [0.717, 1.165) is 25.0 Å². The van der Waals surface area contributed by atoms with Crippen molar-refractivity contribution in [3.63, 3.8) is 0 Å². The summed E-state index contributed by atoms with van der Waals surface area (Å²) in [5, 5.41) is 12.8. The van der Waals surface area contributed by atoms with E-state index in [-0.39, 0.29) is 18.2 Å². The highest BCUT2D eigenvalue weighted by Crippen LogP contribution is 2.33. The monoisotopic (exact) mass is 277 g/mol. The second-order valence-electron chi connectivity index (χ2n) is 6.34. The summed E-state index contributed by atoms with van der Waals surface area (Å²) in [6.45, 7) is 6.74. The molecule has 2 atom stereocenters.